The second kappa shape index (κ2) is 5.71. The van der Waals surface area contributed by atoms with Gasteiger partial charge >= 0.3 is 0 Å². The Balaban J connectivity index is 2.18. The number of anilines is 1. The van der Waals surface area contributed by atoms with E-state index in [-0.39, 0.29) is 0 Å². The molecular formula is C13H12Br2N2O. The Bertz CT molecular complexity index is 559. The van der Waals surface area contributed by atoms with Crippen molar-refractivity contribution in [2.75, 3.05) is 19.0 Å². The monoisotopic (exact) mass is 370 g/mol. The van der Waals surface area contributed by atoms with Crippen LogP contribution >= 0.6 is 31.9 Å². The quantitative estimate of drug-likeness (QED) is 0.736. The van der Waals surface area contributed by atoms with Gasteiger partial charge in [0.2, 0.25) is 5.88 Å². The average Bonchev–Trinajstić information content (AvgIpc) is 2.70. The molecule has 0 aliphatic carbocycles. The minimum atomic E-state index is 0.716. The molecule has 0 spiro atoms. The minimum Gasteiger partial charge on any atom is -0.438 e. The fourth-order valence-electron chi connectivity index (χ4n) is 1.41. The van der Waals surface area contributed by atoms with Crippen LogP contribution < -0.4 is 4.90 Å². The van der Waals surface area contributed by atoms with E-state index in [1.54, 1.807) is 6.21 Å². The molecule has 1 aromatic heterocycles. The summed E-state index contributed by atoms with van der Waals surface area (Å²) in [4.78, 5) is 6.26. The van der Waals surface area contributed by atoms with Gasteiger partial charge in [-0.15, -0.1) is 0 Å². The zero-order valence-electron chi connectivity index (χ0n) is 10.0. The number of aliphatic imine (C=N–C) groups is 1. The van der Waals surface area contributed by atoms with Gasteiger partial charge in [-0.3, -0.25) is 4.99 Å². The topological polar surface area (TPSA) is 28.7 Å². The summed E-state index contributed by atoms with van der Waals surface area (Å²) in [6.45, 7) is 0. The van der Waals surface area contributed by atoms with E-state index in [1.165, 1.54) is 0 Å². The smallest absolute Gasteiger partial charge is 0.210 e. The Morgan fingerprint density at radius 1 is 1.17 bits per heavy atom. The normalized spacial score (nSPS) is 11.1. The number of furan rings is 1. The fraction of sp³-hybridized carbons (Fsp3) is 0.154. The minimum absolute atomic E-state index is 0.716. The number of benzene rings is 1. The van der Waals surface area contributed by atoms with E-state index in [0.29, 0.717) is 5.76 Å². The van der Waals surface area contributed by atoms with Crippen LogP contribution in [0.5, 0.6) is 0 Å². The molecule has 5 heteroatoms. The second-order valence-corrected chi connectivity index (χ2v) is 5.70. The van der Waals surface area contributed by atoms with Crippen LogP contribution in [0.25, 0.3) is 0 Å². The molecule has 0 N–H and O–H groups in total. The largest absolute Gasteiger partial charge is 0.438 e. The van der Waals surface area contributed by atoms with Gasteiger partial charge in [0, 0.05) is 24.6 Å². The number of halogens is 2. The summed E-state index contributed by atoms with van der Waals surface area (Å²) in [5.74, 6) is 1.50. The number of rotatable bonds is 3. The summed E-state index contributed by atoms with van der Waals surface area (Å²) >= 11 is 6.84. The van der Waals surface area contributed by atoms with E-state index in [0.717, 1.165) is 20.5 Å². The zero-order chi connectivity index (χ0) is 13.1. The van der Waals surface area contributed by atoms with Crippen LogP contribution in [0.15, 0.2) is 48.7 Å². The van der Waals surface area contributed by atoms with Gasteiger partial charge in [0.1, 0.15) is 5.76 Å². The van der Waals surface area contributed by atoms with Crippen LogP contribution in [0.3, 0.4) is 0 Å². The Morgan fingerprint density at radius 3 is 2.39 bits per heavy atom. The third kappa shape index (κ3) is 3.23. The molecule has 2 aromatic rings. The van der Waals surface area contributed by atoms with Gasteiger partial charge in [-0.05, 0) is 40.2 Å². The van der Waals surface area contributed by atoms with Crippen LogP contribution in [0.1, 0.15) is 5.76 Å². The van der Waals surface area contributed by atoms with Gasteiger partial charge in [-0.25, -0.2) is 0 Å². The van der Waals surface area contributed by atoms with Crippen LogP contribution in [-0.2, 0) is 0 Å². The molecule has 0 bridgehead atoms. The third-order valence-corrected chi connectivity index (χ3v) is 3.36. The molecule has 0 atom stereocenters. The molecule has 94 valence electrons. The molecular weight excluding hydrogens is 360 g/mol. The van der Waals surface area contributed by atoms with Gasteiger partial charge in [0.25, 0.3) is 0 Å². The summed E-state index contributed by atoms with van der Waals surface area (Å²) in [6.07, 6.45) is 1.71. The lowest BCUT2D eigenvalue weighted by atomic mass is 10.3. The van der Waals surface area contributed by atoms with E-state index in [2.05, 4.69) is 36.9 Å². The average molecular weight is 372 g/mol. The van der Waals surface area contributed by atoms with Crippen LogP contribution in [0.4, 0.5) is 11.6 Å². The van der Waals surface area contributed by atoms with Crippen molar-refractivity contribution in [3.8, 4) is 0 Å². The van der Waals surface area contributed by atoms with E-state index in [9.17, 15) is 0 Å². The Morgan fingerprint density at radius 2 is 1.83 bits per heavy atom. The fourth-order valence-corrected chi connectivity index (χ4v) is 2.34. The van der Waals surface area contributed by atoms with E-state index in [4.69, 9.17) is 4.42 Å². The lowest BCUT2D eigenvalue weighted by molar-refractivity contribution is 0.557. The van der Waals surface area contributed by atoms with Crippen molar-refractivity contribution in [3.63, 3.8) is 0 Å². The molecule has 0 fully saturated rings. The molecule has 0 unspecified atom stereocenters. The molecule has 18 heavy (non-hydrogen) atoms. The predicted octanol–water partition coefficient (Wildman–Crippen LogP) is 4.62. The first-order chi connectivity index (χ1) is 8.56. The van der Waals surface area contributed by atoms with Gasteiger partial charge < -0.3 is 9.32 Å². The van der Waals surface area contributed by atoms with Crippen LogP contribution in [-0.4, -0.2) is 20.3 Å². The SMILES string of the molecule is CN(C)c1oc(C=Nc2ccc(Br)cc2)cc1Br. The molecule has 1 heterocycles. The molecule has 0 aliphatic rings. The van der Waals surface area contributed by atoms with Crippen LogP contribution in [0.2, 0.25) is 0 Å². The van der Waals surface area contributed by atoms with Crippen molar-refractivity contribution < 1.29 is 4.42 Å². The van der Waals surface area contributed by atoms with Crippen molar-refractivity contribution in [3.05, 3.63) is 45.0 Å². The van der Waals surface area contributed by atoms with E-state index >= 15 is 0 Å². The lowest BCUT2D eigenvalue weighted by Crippen LogP contribution is -2.07. The summed E-state index contributed by atoms with van der Waals surface area (Å²) in [5, 5.41) is 0. The highest BCUT2D eigenvalue weighted by atomic mass is 79.9. The van der Waals surface area contributed by atoms with Gasteiger partial charge in [-0.1, -0.05) is 15.9 Å². The van der Waals surface area contributed by atoms with Gasteiger partial charge in [0.05, 0.1) is 16.4 Å². The van der Waals surface area contributed by atoms with Gasteiger partial charge in [-0.2, -0.15) is 0 Å². The Kier molecular flexibility index (Phi) is 4.24. The summed E-state index contributed by atoms with van der Waals surface area (Å²) < 4.78 is 7.60. The van der Waals surface area contributed by atoms with E-state index in [1.807, 2.05) is 49.3 Å². The molecule has 3 nitrogen and oxygen atoms in total. The predicted molar refractivity (Wildman–Crippen MR) is 82.1 cm³/mol. The highest BCUT2D eigenvalue weighted by molar-refractivity contribution is 9.10. The van der Waals surface area contributed by atoms with Crippen molar-refractivity contribution >= 4 is 49.6 Å². The molecule has 1 aromatic carbocycles. The van der Waals surface area contributed by atoms with Crippen LogP contribution in [0, 0.1) is 0 Å². The number of nitrogens with zero attached hydrogens (tertiary/aromatic N) is 2. The first kappa shape index (κ1) is 13.4. The van der Waals surface area contributed by atoms with Crippen molar-refractivity contribution in [1.82, 2.24) is 0 Å². The molecule has 0 saturated carbocycles. The highest BCUT2D eigenvalue weighted by Crippen LogP contribution is 2.28. The van der Waals surface area contributed by atoms with E-state index < -0.39 is 0 Å². The highest BCUT2D eigenvalue weighted by Gasteiger charge is 2.08. The number of hydrogen-bond donors (Lipinski definition) is 0. The summed E-state index contributed by atoms with van der Waals surface area (Å²) in [6, 6.07) is 9.68. The standard InChI is InChI=1S/C13H12Br2N2O/c1-17(2)13-12(15)7-11(18-13)8-16-10-5-3-9(14)4-6-10/h3-8H,1-2H3. The van der Waals surface area contributed by atoms with Gasteiger partial charge in [0.15, 0.2) is 0 Å². The maximum atomic E-state index is 5.64. The molecule has 0 aliphatic heterocycles. The molecule has 2 rings (SSSR count). The maximum Gasteiger partial charge on any atom is 0.210 e. The summed E-state index contributed by atoms with van der Waals surface area (Å²) in [5.41, 5.74) is 0.886. The first-order valence-corrected chi connectivity index (χ1v) is 6.91. The maximum absolute atomic E-state index is 5.64. The first-order valence-electron chi connectivity index (χ1n) is 5.32. The molecule has 0 amide bonds. The molecule has 0 radical (unpaired) electrons. The van der Waals surface area contributed by atoms with Crippen molar-refractivity contribution in [1.29, 1.82) is 0 Å². The Hall–Kier alpha value is -1.07. The van der Waals surface area contributed by atoms with Crippen molar-refractivity contribution in [2.24, 2.45) is 4.99 Å². The van der Waals surface area contributed by atoms with Crippen molar-refractivity contribution in [2.45, 2.75) is 0 Å². The number of hydrogen-bond acceptors (Lipinski definition) is 3. The summed E-state index contributed by atoms with van der Waals surface area (Å²) in [7, 11) is 3.86. The molecule has 0 saturated heterocycles. The lowest BCUT2D eigenvalue weighted by Gasteiger charge is -2.07. The zero-order valence-corrected chi connectivity index (χ0v) is 13.2. The second-order valence-electron chi connectivity index (χ2n) is 3.93. The Labute approximate surface area is 123 Å². The third-order valence-electron chi connectivity index (χ3n) is 2.26.